The number of methoxy groups -OCH3 is 1. The second-order valence-corrected chi connectivity index (χ2v) is 8.15. The zero-order valence-electron chi connectivity index (χ0n) is 17.2. The standard InChI is InChI=1S/C24H31N3O2/c1-29-22-18-27(24(22)20-10-14-25-15-11-20)21-12-16-26(17-13-21)23(28)9-5-8-19-6-3-2-4-7-19/h2-4,6-7,10-11,14-15,21-22,24H,5,8-9,12-13,16-18H2,1H3/t22-,24-/m0/s1. The number of rotatable bonds is 7. The predicted octanol–water partition coefficient (Wildman–Crippen LogP) is 3.47. The number of benzene rings is 1. The number of hydrogen-bond acceptors (Lipinski definition) is 4. The Kier molecular flexibility index (Phi) is 6.57. The maximum atomic E-state index is 12.6. The molecule has 0 unspecified atom stereocenters. The smallest absolute Gasteiger partial charge is 0.222 e. The molecule has 5 heteroatoms. The van der Waals surface area contributed by atoms with Crippen molar-refractivity contribution in [3.63, 3.8) is 0 Å². The Morgan fingerprint density at radius 3 is 2.52 bits per heavy atom. The molecule has 0 spiro atoms. The average molecular weight is 394 g/mol. The summed E-state index contributed by atoms with van der Waals surface area (Å²) in [6, 6.07) is 15.4. The molecule has 29 heavy (non-hydrogen) atoms. The first kappa shape index (κ1) is 20.0. The lowest BCUT2D eigenvalue weighted by Gasteiger charge is -2.53. The lowest BCUT2D eigenvalue weighted by molar-refractivity contribution is -0.137. The van der Waals surface area contributed by atoms with E-state index in [0.29, 0.717) is 24.4 Å². The van der Waals surface area contributed by atoms with Crippen LogP contribution in [0.5, 0.6) is 0 Å². The van der Waals surface area contributed by atoms with Crippen molar-refractivity contribution >= 4 is 5.91 Å². The topological polar surface area (TPSA) is 45.7 Å². The van der Waals surface area contributed by atoms with Crippen LogP contribution in [0, 0.1) is 0 Å². The van der Waals surface area contributed by atoms with Gasteiger partial charge in [0.25, 0.3) is 0 Å². The molecule has 1 aromatic heterocycles. The molecule has 2 fully saturated rings. The molecule has 0 radical (unpaired) electrons. The summed E-state index contributed by atoms with van der Waals surface area (Å²) in [5.74, 6) is 0.309. The van der Waals surface area contributed by atoms with Crippen LogP contribution < -0.4 is 0 Å². The van der Waals surface area contributed by atoms with Gasteiger partial charge in [-0.3, -0.25) is 14.7 Å². The van der Waals surface area contributed by atoms with Gasteiger partial charge in [-0.1, -0.05) is 30.3 Å². The number of pyridine rings is 1. The number of aromatic nitrogens is 1. The minimum Gasteiger partial charge on any atom is -0.378 e. The molecule has 2 aliphatic rings. The first-order valence-electron chi connectivity index (χ1n) is 10.8. The molecule has 0 aliphatic carbocycles. The number of hydrogen-bond donors (Lipinski definition) is 0. The minimum atomic E-state index is 0.245. The highest BCUT2D eigenvalue weighted by atomic mass is 16.5. The second kappa shape index (κ2) is 9.51. The highest BCUT2D eigenvalue weighted by molar-refractivity contribution is 5.76. The van der Waals surface area contributed by atoms with E-state index in [9.17, 15) is 4.79 Å². The summed E-state index contributed by atoms with van der Waals surface area (Å²) in [7, 11) is 1.80. The maximum Gasteiger partial charge on any atom is 0.222 e. The van der Waals surface area contributed by atoms with Crippen LogP contribution in [0.3, 0.4) is 0 Å². The van der Waals surface area contributed by atoms with Gasteiger partial charge in [0.05, 0.1) is 12.1 Å². The van der Waals surface area contributed by atoms with E-state index < -0.39 is 0 Å². The monoisotopic (exact) mass is 393 g/mol. The van der Waals surface area contributed by atoms with E-state index in [2.05, 4.69) is 51.2 Å². The van der Waals surface area contributed by atoms with Crippen LogP contribution >= 0.6 is 0 Å². The molecule has 154 valence electrons. The van der Waals surface area contributed by atoms with Crippen LogP contribution in [0.15, 0.2) is 54.9 Å². The summed E-state index contributed by atoms with van der Waals surface area (Å²) >= 11 is 0. The van der Waals surface area contributed by atoms with Crippen molar-refractivity contribution in [3.8, 4) is 0 Å². The van der Waals surface area contributed by atoms with Crippen molar-refractivity contribution in [2.75, 3.05) is 26.7 Å². The predicted molar refractivity (Wildman–Crippen MR) is 113 cm³/mol. The van der Waals surface area contributed by atoms with Crippen LogP contribution in [0.1, 0.15) is 42.9 Å². The van der Waals surface area contributed by atoms with Gasteiger partial charge in [0.1, 0.15) is 0 Å². The molecule has 2 saturated heterocycles. The zero-order chi connectivity index (χ0) is 20.1. The van der Waals surface area contributed by atoms with Gasteiger partial charge < -0.3 is 9.64 Å². The number of carbonyl (C=O) groups excluding carboxylic acids is 1. The van der Waals surface area contributed by atoms with Crippen molar-refractivity contribution in [1.29, 1.82) is 0 Å². The number of ether oxygens (including phenoxy) is 1. The van der Waals surface area contributed by atoms with Crippen LogP contribution in [-0.4, -0.2) is 59.6 Å². The minimum absolute atomic E-state index is 0.245. The zero-order valence-corrected chi connectivity index (χ0v) is 17.2. The normalized spacial score (nSPS) is 23.0. The Labute approximate surface area is 173 Å². The fraction of sp³-hybridized carbons (Fsp3) is 0.500. The van der Waals surface area contributed by atoms with Gasteiger partial charge in [-0.15, -0.1) is 0 Å². The third-order valence-electron chi connectivity index (χ3n) is 6.44. The second-order valence-electron chi connectivity index (χ2n) is 8.15. The summed E-state index contributed by atoms with van der Waals surface area (Å²) in [6.45, 7) is 2.71. The quantitative estimate of drug-likeness (QED) is 0.723. The molecule has 2 aromatic rings. The Morgan fingerprint density at radius 2 is 1.83 bits per heavy atom. The molecule has 3 heterocycles. The largest absolute Gasteiger partial charge is 0.378 e. The summed E-state index contributed by atoms with van der Waals surface area (Å²) in [4.78, 5) is 21.4. The van der Waals surface area contributed by atoms with Crippen molar-refractivity contribution in [2.24, 2.45) is 0 Å². The Bertz CT molecular complexity index is 775. The Balaban J connectivity index is 1.25. The van der Waals surface area contributed by atoms with Gasteiger partial charge in [-0.25, -0.2) is 0 Å². The van der Waals surface area contributed by atoms with Crippen LogP contribution in [0.2, 0.25) is 0 Å². The first-order chi connectivity index (χ1) is 14.3. The van der Waals surface area contributed by atoms with Crippen molar-refractivity contribution in [2.45, 2.75) is 50.3 Å². The molecular weight excluding hydrogens is 362 g/mol. The molecule has 5 nitrogen and oxygen atoms in total. The highest BCUT2D eigenvalue weighted by Gasteiger charge is 2.44. The third kappa shape index (κ3) is 4.68. The Hall–Kier alpha value is -2.24. The number of amides is 1. The molecule has 0 N–H and O–H groups in total. The fourth-order valence-electron chi connectivity index (χ4n) is 4.74. The van der Waals surface area contributed by atoms with E-state index in [1.165, 1.54) is 11.1 Å². The van der Waals surface area contributed by atoms with Gasteiger partial charge >= 0.3 is 0 Å². The highest BCUT2D eigenvalue weighted by Crippen LogP contribution is 2.39. The molecule has 0 bridgehead atoms. The van der Waals surface area contributed by atoms with E-state index in [4.69, 9.17) is 4.74 Å². The average Bonchev–Trinajstić information content (AvgIpc) is 2.75. The van der Waals surface area contributed by atoms with Gasteiger partial charge in [0, 0.05) is 51.6 Å². The van der Waals surface area contributed by atoms with E-state index in [0.717, 1.165) is 45.3 Å². The fourth-order valence-corrected chi connectivity index (χ4v) is 4.74. The van der Waals surface area contributed by atoms with Gasteiger partial charge in [-0.2, -0.15) is 0 Å². The number of carbonyl (C=O) groups is 1. The SMILES string of the molecule is CO[C@H]1CN(C2CCN(C(=O)CCCc3ccccc3)CC2)[C@H]1c1ccncc1. The lowest BCUT2D eigenvalue weighted by atomic mass is 9.87. The molecule has 2 aliphatic heterocycles. The van der Waals surface area contributed by atoms with Crippen molar-refractivity contribution in [3.05, 3.63) is 66.0 Å². The van der Waals surface area contributed by atoms with Crippen LogP contribution in [-0.2, 0) is 16.0 Å². The number of likely N-dealkylation sites (tertiary alicyclic amines) is 2. The summed E-state index contributed by atoms with van der Waals surface area (Å²) in [6.07, 6.45) is 8.59. The van der Waals surface area contributed by atoms with Gasteiger partial charge in [-0.05, 0) is 48.9 Å². The number of piperidine rings is 1. The summed E-state index contributed by atoms with van der Waals surface area (Å²) in [5.41, 5.74) is 2.59. The number of nitrogens with zero attached hydrogens (tertiary/aromatic N) is 3. The molecule has 4 rings (SSSR count). The van der Waals surface area contributed by atoms with E-state index in [1.54, 1.807) is 7.11 Å². The van der Waals surface area contributed by atoms with Crippen molar-refractivity contribution < 1.29 is 9.53 Å². The van der Waals surface area contributed by atoms with Crippen LogP contribution in [0.25, 0.3) is 0 Å². The molecular formula is C24H31N3O2. The molecule has 1 amide bonds. The van der Waals surface area contributed by atoms with E-state index >= 15 is 0 Å². The first-order valence-corrected chi connectivity index (χ1v) is 10.8. The maximum absolute atomic E-state index is 12.6. The van der Waals surface area contributed by atoms with Gasteiger partial charge in [0.2, 0.25) is 5.91 Å². The molecule has 0 saturated carbocycles. The molecule has 1 aromatic carbocycles. The summed E-state index contributed by atoms with van der Waals surface area (Å²) in [5, 5.41) is 0. The summed E-state index contributed by atoms with van der Waals surface area (Å²) < 4.78 is 5.69. The Morgan fingerprint density at radius 1 is 1.10 bits per heavy atom. The van der Waals surface area contributed by atoms with Crippen LogP contribution in [0.4, 0.5) is 0 Å². The van der Waals surface area contributed by atoms with E-state index in [-0.39, 0.29) is 6.10 Å². The van der Waals surface area contributed by atoms with Crippen molar-refractivity contribution in [1.82, 2.24) is 14.8 Å². The third-order valence-corrected chi connectivity index (χ3v) is 6.44. The van der Waals surface area contributed by atoms with E-state index in [1.807, 2.05) is 18.5 Å². The number of aryl methyl sites for hydroxylation is 1. The molecule has 2 atom stereocenters. The van der Waals surface area contributed by atoms with Gasteiger partial charge in [0.15, 0.2) is 0 Å². The lowest BCUT2D eigenvalue weighted by Crippen LogP contribution is -2.60.